The Balaban J connectivity index is 2.94. The summed E-state index contributed by atoms with van der Waals surface area (Å²) in [4.78, 5) is 14.4. The molecule has 0 aromatic carbocycles. The van der Waals surface area contributed by atoms with Crippen molar-refractivity contribution < 1.29 is 9.53 Å². The van der Waals surface area contributed by atoms with Gasteiger partial charge < -0.3 is 15.4 Å². The lowest BCUT2D eigenvalue weighted by molar-refractivity contribution is -0.0265. The van der Waals surface area contributed by atoms with E-state index >= 15 is 0 Å². The number of piperidine rings is 1. The third-order valence-corrected chi connectivity index (χ3v) is 4.22. The number of ether oxygens (including phenoxy) is 1. The monoisotopic (exact) mass is 270 g/mol. The van der Waals surface area contributed by atoms with Gasteiger partial charge in [0, 0.05) is 12.6 Å². The van der Waals surface area contributed by atoms with E-state index in [2.05, 4.69) is 20.8 Å². The maximum atomic E-state index is 12.5. The summed E-state index contributed by atoms with van der Waals surface area (Å²) in [5.74, 6) is 1.01. The summed E-state index contributed by atoms with van der Waals surface area (Å²) in [6, 6.07) is 0.332. The number of carbonyl (C=O) groups is 1. The molecule has 0 radical (unpaired) electrons. The highest BCUT2D eigenvalue weighted by atomic mass is 16.6. The van der Waals surface area contributed by atoms with Crippen molar-refractivity contribution in [1.29, 1.82) is 0 Å². The van der Waals surface area contributed by atoms with Gasteiger partial charge in [0.05, 0.1) is 6.04 Å². The van der Waals surface area contributed by atoms with Crippen LogP contribution in [0.25, 0.3) is 0 Å². The molecule has 1 saturated heterocycles. The second kappa shape index (κ2) is 6.12. The molecular weight excluding hydrogens is 240 g/mol. The predicted octanol–water partition coefficient (Wildman–Crippen LogP) is 3.01. The standard InChI is InChI=1S/C15H30N2O2/c1-7-12-8-10(2)11(3)13(9-16)17(12)14(18)19-15(4,5)6/h10-13H,7-9,16H2,1-6H3/t10?,11?,12?,13-/m0/s1. The summed E-state index contributed by atoms with van der Waals surface area (Å²) < 4.78 is 5.56. The van der Waals surface area contributed by atoms with Gasteiger partial charge in [-0.15, -0.1) is 0 Å². The second-order valence-corrected chi connectivity index (χ2v) is 6.82. The first kappa shape index (κ1) is 16.3. The average Bonchev–Trinajstić information content (AvgIpc) is 2.29. The largest absolute Gasteiger partial charge is 0.444 e. The quantitative estimate of drug-likeness (QED) is 0.839. The van der Waals surface area contributed by atoms with Crippen molar-refractivity contribution in [2.75, 3.05) is 6.54 Å². The maximum Gasteiger partial charge on any atom is 0.410 e. The molecular formula is C15H30N2O2. The Morgan fingerprint density at radius 3 is 2.37 bits per heavy atom. The van der Waals surface area contributed by atoms with Crippen LogP contribution in [0.2, 0.25) is 0 Å². The Morgan fingerprint density at radius 1 is 1.37 bits per heavy atom. The molecule has 0 aromatic rings. The van der Waals surface area contributed by atoms with E-state index in [1.54, 1.807) is 0 Å². The molecule has 4 atom stereocenters. The summed E-state index contributed by atoms with van der Waals surface area (Å²) in [5.41, 5.74) is 5.46. The zero-order valence-electron chi connectivity index (χ0n) is 13.3. The first-order valence-electron chi connectivity index (χ1n) is 7.42. The van der Waals surface area contributed by atoms with Crippen molar-refractivity contribution in [2.45, 2.75) is 72.1 Å². The van der Waals surface area contributed by atoms with E-state index in [-0.39, 0.29) is 18.2 Å². The zero-order valence-corrected chi connectivity index (χ0v) is 13.3. The number of amides is 1. The number of hydrogen-bond acceptors (Lipinski definition) is 3. The molecule has 0 saturated carbocycles. The highest BCUT2D eigenvalue weighted by Crippen LogP contribution is 2.34. The molecule has 1 fully saturated rings. The van der Waals surface area contributed by atoms with Crippen LogP contribution in [0.4, 0.5) is 4.79 Å². The van der Waals surface area contributed by atoms with Gasteiger partial charge in [-0.3, -0.25) is 0 Å². The van der Waals surface area contributed by atoms with Gasteiger partial charge in [0.15, 0.2) is 0 Å². The van der Waals surface area contributed by atoms with Gasteiger partial charge in [-0.25, -0.2) is 4.79 Å². The summed E-state index contributed by atoms with van der Waals surface area (Å²) >= 11 is 0. The number of nitrogens with zero attached hydrogens (tertiary/aromatic N) is 1. The molecule has 1 aliphatic rings. The summed E-state index contributed by atoms with van der Waals surface area (Å²) in [5, 5.41) is 0. The van der Waals surface area contributed by atoms with Crippen molar-refractivity contribution in [3.05, 3.63) is 0 Å². The van der Waals surface area contributed by atoms with Crippen molar-refractivity contribution in [3.8, 4) is 0 Å². The van der Waals surface area contributed by atoms with Crippen LogP contribution < -0.4 is 5.73 Å². The maximum absolute atomic E-state index is 12.5. The number of nitrogens with two attached hydrogens (primary N) is 1. The Kier molecular flexibility index (Phi) is 5.25. The van der Waals surface area contributed by atoms with Crippen molar-refractivity contribution in [1.82, 2.24) is 4.90 Å². The normalized spacial score (nSPS) is 32.3. The van der Waals surface area contributed by atoms with Crippen LogP contribution in [0.15, 0.2) is 0 Å². The summed E-state index contributed by atoms with van der Waals surface area (Å²) in [6.45, 7) is 12.8. The van der Waals surface area contributed by atoms with E-state index in [4.69, 9.17) is 10.5 Å². The number of rotatable bonds is 2. The van der Waals surface area contributed by atoms with E-state index in [0.717, 1.165) is 12.8 Å². The van der Waals surface area contributed by atoms with Crippen LogP contribution in [0.5, 0.6) is 0 Å². The lowest BCUT2D eigenvalue weighted by Crippen LogP contribution is -2.59. The number of hydrogen-bond donors (Lipinski definition) is 1. The van der Waals surface area contributed by atoms with E-state index < -0.39 is 5.60 Å². The van der Waals surface area contributed by atoms with Gasteiger partial charge in [-0.2, -0.15) is 0 Å². The Labute approximate surface area is 117 Å². The highest BCUT2D eigenvalue weighted by molar-refractivity contribution is 5.69. The minimum absolute atomic E-state index is 0.0866. The fraction of sp³-hybridized carbons (Fsp3) is 0.933. The molecule has 1 aliphatic heterocycles. The van der Waals surface area contributed by atoms with E-state index in [1.807, 2.05) is 25.7 Å². The topological polar surface area (TPSA) is 55.6 Å². The highest BCUT2D eigenvalue weighted by Gasteiger charge is 2.41. The molecule has 0 aliphatic carbocycles. The van der Waals surface area contributed by atoms with Crippen LogP contribution in [0, 0.1) is 11.8 Å². The van der Waals surface area contributed by atoms with Gasteiger partial charge in [-0.05, 0) is 45.4 Å². The smallest absolute Gasteiger partial charge is 0.410 e. The predicted molar refractivity (Wildman–Crippen MR) is 77.9 cm³/mol. The number of carbonyl (C=O) groups excluding carboxylic acids is 1. The van der Waals surface area contributed by atoms with Crippen LogP contribution in [-0.2, 0) is 4.74 Å². The SMILES string of the molecule is CCC1CC(C)C(C)[C@H](CN)N1C(=O)OC(C)(C)C. The minimum Gasteiger partial charge on any atom is -0.444 e. The molecule has 1 amide bonds. The fourth-order valence-corrected chi connectivity index (χ4v) is 2.95. The van der Waals surface area contributed by atoms with E-state index in [0.29, 0.717) is 18.4 Å². The molecule has 4 heteroatoms. The summed E-state index contributed by atoms with van der Waals surface area (Å²) in [7, 11) is 0. The Bertz CT molecular complexity index is 312. The lowest BCUT2D eigenvalue weighted by Gasteiger charge is -2.47. The molecule has 19 heavy (non-hydrogen) atoms. The fourth-order valence-electron chi connectivity index (χ4n) is 2.95. The first-order chi connectivity index (χ1) is 8.71. The van der Waals surface area contributed by atoms with Crippen molar-refractivity contribution >= 4 is 6.09 Å². The molecule has 2 N–H and O–H groups in total. The van der Waals surface area contributed by atoms with Crippen LogP contribution in [0.1, 0.15) is 54.4 Å². The van der Waals surface area contributed by atoms with Crippen LogP contribution >= 0.6 is 0 Å². The second-order valence-electron chi connectivity index (χ2n) is 6.82. The van der Waals surface area contributed by atoms with E-state index in [1.165, 1.54) is 0 Å². The third kappa shape index (κ3) is 3.85. The third-order valence-electron chi connectivity index (χ3n) is 4.22. The molecule has 1 heterocycles. The van der Waals surface area contributed by atoms with Gasteiger partial charge in [0.2, 0.25) is 0 Å². The molecule has 1 rings (SSSR count). The van der Waals surface area contributed by atoms with Crippen LogP contribution in [-0.4, -0.2) is 35.2 Å². The van der Waals surface area contributed by atoms with Gasteiger partial charge in [0.25, 0.3) is 0 Å². The van der Waals surface area contributed by atoms with Crippen LogP contribution in [0.3, 0.4) is 0 Å². The van der Waals surface area contributed by atoms with Crippen molar-refractivity contribution in [3.63, 3.8) is 0 Å². The molecule has 0 bridgehead atoms. The van der Waals surface area contributed by atoms with Gasteiger partial charge in [-0.1, -0.05) is 20.8 Å². The molecule has 3 unspecified atom stereocenters. The summed E-state index contributed by atoms with van der Waals surface area (Å²) in [6.07, 6.45) is 1.77. The Hall–Kier alpha value is -0.770. The molecule has 0 spiro atoms. The van der Waals surface area contributed by atoms with Gasteiger partial charge >= 0.3 is 6.09 Å². The lowest BCUT2D eigenvalue weighted by atomic mass is 9.78. The zero-order chi connectivity index (χ0) is 14.8. The van der Waals surface area contributed by atoms with Crippen molar-refractivity contribution in [2.24, 2.45) is 17.6 Å². The van der Waals surface area contributed by atoms with E-state index in [9.17, 15) is 4.79 Å². The molecule has 0 aromatic heterocycles. The molecule has 4 nitrogen and oxygen atoms in total. The first-order valence-corrected chi connectivity index (χ1v) is 7.42. The number of likely N-dealkylation sites (tertiary alicyclic amines) is 1. The van der Waals surface area contributed by atoms with Gasteiger partial charge in [0.1, 0.15) is 5.60 Å². The molecule has 112 valence electrons. The Morgan fingerprint density at radius 2 is 1.95 bits per heavy atom. The minimum atomic E-state index is -0.458. The average molecular weight is 270 g/mol.